The molecule has 0 aliphatic carbocycles. The second kappa shape index (κ2) is 16.7. The molecule has 0 radical (unpaired) electrons. The van der Waals surface area contributed by atoms with Crippen molar-refractivity contribution in [2.45, 2.75) is 0 Å². The summed E-state index contributed by atoms with van der Waals surface area (Å²) in [6, 6.07) is 20.8. The van der Waals surface area contributed by atoms with E-state index in [9.17, 15) is 4.79 Å². The van der Waals surface area contributed by atoms with Crippen LogP contribution >= 0.6 is 11.6 Å². The molecule has 0 saturated carbocycles. The molecular formula is C22H18ClN3NaO5-. The van der Waals surface area contributed by atoms with Crippen LogP contribution in [0, 0.1) is 17.4 Å². The fourth-order valence-corrected chi connectivity index (χ4v) is 2.31. The summed E-state index contributed by atoms with van der Waals surface area (Å²) in [5.74, 6) is 0.752. The largest absolute Gasteiger partial charge is 1.00 e. The molecule has 1 heterocycles. The van der Waals surface area contributed by atoms with Crippen molar-refractivity contribution >= 4 is 23.6 Å². The van der Waals surface area contributed by atoms with Crippen LogP contribution < -0.4 is 34.3 Å². The molecule has 2 aromatic carbocycles. The molecule has 32 heavy (non-hydrogen) atoms. The first kappa shape index (κ1) is 29.1. The molecule has 160 valence electrons. The minimum absolute atomic E-state index is 0. The Bertz CT molecular complexity index is 1030. The zero-order chi connectivity index (χ0) is 21.6. The molecule has 0 fully saturated rings. The third kappa shape index (κ3) is 9.92. The first-order valence-corrected chi connectivity index (χ1v) is 8.94. The van der Waals surface area contributed by atoms with Crippen molar-refractivity contribution in [3.05, 3.63) is 89.5 Å². The van der Waals surface area contributed by atoms with E-state index < -0.39 is 0 Å². The summed E-state index contributed by atoms with van der Waals surface area (Å²) in [6.45, 7) is 0.601. The third-order valence-electron chi connectivity index (χ3n) is 3.45. The normalized spacial score (nSPS) is 9.47. The van der Waals surface area contributed by atoms with Gasteiger partial charge in [-0.05, 0) is 17.7 Å². The average molecular weight is 463 g/mol. The van der Waals surface area contributed by atoms with E-state index in [0.29, 0.717) is 28.8 Å². The molecule has 8 nitrogen and oxygen atoms in total. The van der Waals surface area contributed by atoms with Crippen molar-refractivity contribution in [1.29, 1.82) is 5.26 Å². The number of benzene rings is 2. The Hall–Kier alpha value is -2.93. The van der Waals surface area contributed by atoms with Crippen LogP contribution in [0.1, 0.15) is 11.1 Å². The Morgan fingerprint density at radius 1 is 1.22 bits per heavy atom. The van der Waals surface area contributed by atoms with Crippen molar-refractivity contribution in [3.63, 3.8) is 0 Å². The van der Waals surface area contributed by atoms with Gasteiger partial charge in [-0.1, -0.05) is 23.7 Å². The fraction of sp³-hybridized carbons (Fsp3) is 0.0909. The van der Waals surface area contributed by atoms with Gasteiger partial charge in [0.15, 0.2) is 0 Å². The number of methoxy groups -OCH3 is 1. The summed E-state index contributed by atoms with van der Waals surface area (Å²) in [5.41, 5.74) is 2.08. The van der Waals surface area contributed by atoms with Crippen LogP contribution in [0.15, 0.2) is 67.2 Å². The van der Waals surface area contributed by atoms with Gasteiger partial charge in [0.25, 0.3) is 6.47 Å². The monoisotopic (exact) mass is 462 g/mol. The van der Waals surface area contributed by atoms with Crippen molar-refractivity contribution in [2.75, 3.05) is 13.7 Å². The van der Waals surface area contributed by atoms with Crippen LogP contribution in [0.4, 0.5) is 0 Å². The van der Waals surface area contributed by atoms with Gasteiger partial charge in [-0.15, -0.1) is 35.9 Å². The van der Waals surface area contributed by atoms with E-state index in [1.54, 1.807) is 37.4 Å². The van der Waals surface area contributed by atoms with Gasteiger partial charge in [0.1, 0.15) is 23.3 Å². The quantitative estimate of drug-likeness (QED) is 0.169. The van der Waals surface area contributed by atoms with E-state index >= 15 is 0 Å². The van der Waals surface area contributed by atoms with Crippen molar-refractivity contribution in [1.82, 2.24) is 9.97 Å². The molecular weight excluding hydrogens is 445 g/mol. The zero-order valence-corrected chi connectivity index (χ0v) is 20.2. The van der Waals surface area contributed by atoms with Crippen LogP contribution in [0.25, 0.3) is 5.57 Å². The second-order valence-electron chi connectivity index (χ2n) is 5.45. The van der Waals surface area contributed by atoms with Gasteiger partial charge in [-0.25, -0.2) is 9.97 Å². The number of hydrogen-bond acceptors (Lipinski definition) is 8. The Kier molecular flexibility index (Phi) is 15.2. The number of hydrogen-bond donors (Lipinski definition) is 0. The number of para-hydroxylation sites is 1. The summed E-state index contributed by atoms with van der Waals surface area (Å²) in [4.78, 5) is 17.7. The molecule has 0 atom stereocenters. The fourth-order valence-electron chi connectivity index (χ4n) is 2.17. The zero-order valence-electron chi connectivity index (χ0n) is 17.4. The van der Waals surface area contributed by atoms with Crippen LogP contribution in [0.3, 0.4) is 0 Å². The minimum atomic E-state index is 0. The van der Waals surface area contributed by atoms with Gasteiger partial charge in [-0.3, -0.25) is 4.79 Å². The van der Waals surface area contributed by atoms with Crippen LogP contribution in [0.2, 0.25) is 5.15 Å². The Balaban J connectivity index is 0.000000570. The minimum Gasteiger partial charge on any atom is -0.870 e. The average Bonchev–Trinajstić information content (AvgIpc) is 2.78. The van der Waals surface area contributed by atoms with Gasteiger partial charge >= 0.3 is 29.6 Å². The number of rotatable bonds is 7. The molecule has 0 aliphatic heterocycles. The van der Waals surface area contributed by atoms with E-state index in [2.05, 4.69) is 20.8 Å². The predicted octanol–water partition coefficient (Wildman–Crippen LogP) is 1.27. The molecule has 3 aromatic rings. The summed E-state index contributed by atoms with van der Waals surface area (Å²) in [7, 11) is 1.55. The Morgan fingerprint density at radius 2 is 1.97 bits per heavy atom. The molecule has 0 spiro atoms. The first-order chi connectivity index (χ1) is 14.7. The molecule has 1 N–H and O–H groups in total. The molecule has 0 bridgehead atoms. The molecule has 3 rings (SSSR count). The maximum absolute atomic E-state index is 10.0. The van der Waals surface area contributed by atoms with E-state index in [4.69, 9.17) is 26.3 Å². The van der Waals surface area contributed by atoms with Gasteiger partial charge in [0.2, 0.25) is 5.88 Å². The SMILES string of the molecule is CO/C=C(/COC=O)c1[c-]cccc1.N#Cc1ccccc1Oc1cc(Cl)ncn1.[Na+].[OH-]. The third-order valence-corrected chi connectivity index (χ3v) is 3.66. The van der Waals surface area contributed by atoms with E-state index in [1.807, 2.05) is 24.3 Å². The predicted molar refractivity (Wildman–Crippen MR) is 112 cm³/mol. The number of carbonyl (C=O) groups is 1. The first-order valence-electron chi connectivity index (χ1n) is 8.56. The molecule has 10 heteroatoms. The van der Waals surface area contributed by atoms with Gasteiger partial charge in [-0.2, -0.15) is 5.26 Å². The number of nitrogens with zero attached hydrogens (tertiary/aromatic N) is 3. The van der Waals surface area contributed by atoms with Crippen LogP contribution in [-0.2, 0) is 14.3 Å². The summed E-state index contributed by atoms with van der Waals surface area (Å²) < 4.78 is 15.0. The van der Waals surface area contributed by atoms with Gasteiger partial charge in [0, 0.05) is 12.3 Å². The number of carbonyl (C=O) groups excluding carboxylic acids is 1. The van der Waals surface area contributed by atoms with E-state index in [-0.39, 0.29) is 41.6 Å². The second-order valence-corrected chi connectivity index (χ2v) is 5.84. The maximum atomic E-state index is 10.0. The summed E-state index contributed by atoms with van der Waals surface area (Å²) in [6.07, 6.45) is 2.84. The standard InChI is InChI=1S/C11H6ClN3O.C11H11O3.Na.H2O/c12-10-5-11(15-7-14-10)16-9-4-2-1-3-8(9)6-13;1-13-7-11(8-14-9-12)10-5-3-2-4-6-10;;/h1-5,7H;2-5,7,9H,8H2,1H3;;1H2/q;-1;+1;/p-1/b;11-7-;;. The Morgan fingerprint density at radius 3 is 2.59 bits per heavy atom. The smallest absolute Gasteiger partial charge is 0.870 e. The Labute approximate surface area is 213 Å². The number of halogens is 1. The topological polar surface area (TPSA) is 124 Å². The number of ether oxygens (including phenoxy) is 3. The van der Waals surface area contributed by atoms with Crippen molar-refractivity contribution in [3.8, 4) is 17.7 Å². The molecule has 0 aliphatic rings. The summed E-state index contributed by atoms with van der Waals surface area (Å²) >= 11 is 5.69. The number of nitriles is 1. The molecule has 0 amide bonds. The molecule has 1 aromatic heterocycles. The van der Waals surface area contributed by atoms with E-state index in [1.165, 1.54) is 18.7 Å². The van der Waals surface area contributed by atoms with E-state index in [0.717, 1.165) is 11.1 Å². The van der Waals surface area contributed by atoms with Crippen molar-refractivity contribution < 1.29 is 54.0 Å². The van der Waals surface area contributed by atoms with Crippen molar-refractivity contribution in [2.24, 2.45) is 0 Å². The maximum Gasteiger partial charge on any atom is 1.00 e. The molecule has 0 saturated heterocycles. The van der Waals surface area contributed by atoms with Gasteiger partial charge < -0.3 is 19.7 Å². The van der Waals surface area contributed by atoms with Gasteiger partial charge in [0.05, 0.1) is 19.3 Å². The van der Waals surface area contributed by atoms with Crippen LogP contribution in [-0.4, -0.2) is 35.6 Å². The number of aromatic nitrogens is 2. The summed E-state index contributed by atoms with van der Waals surface area (Å²) in [5, 5.41) is 9.15. The van der Waals surface area contributed by atoms with Crippen LogP contribution in [0.5, 0.6) is 11.6 Å². The molecule has 0 unspecified atom stereocenters.